The van der Waals surface area contributed by atoms with Gasteiger partial charge in [0.1, 0.15) is 24.5 Å². The lowest BCUT2D eigenvalue weighted by atomic mass is 10.0. The van der Waals surface area contributed by atoms with E-state index in [0.29, 0.717) is 37.3 Å². The average molecular weight is 709 g/mol. The lowest BCUT2D eigenvalue weighted by molar-refractivity contribution is -0.137. The number of fused-ring (bicyclic) bond motifs is 1. The maximum absolute atomic E-state index is 15.5. The Labute approximate surface area is 275 Å². The van der Waals surface area contributed by atoms with Crippen molar-refractivity contribution in [2.24, 2.45) is 0 Å². The van der Waals surface area contributed by atoms with Crippen LogP contribution in [-0.2, 0) is 16.1 Å². The van der Waals surface area contributed by atoms with Crippen LogP contribution in [0.3, 0.4) is 0 Å². The quantitative estimate of drug-likeness (QED) is 0.171. The molecule has 1 aliphatic rings. The van der Waals surface area contributed by atoms with E-state index >= 15 is 4.39 Å². The van der Waals surface area contributed by atoms with Crippen molar-refractivity contribution < 1.29 is 27.9 Å². The molecule has 1 saturated heterocycles. The van der Waals surface area contributed by atoms with Crippen LogP contribution >= 0.6 is 27.5 Å². The van der Waals surface area contributed by atoms with Gasteiger partial charge < -0.3 is 19.5 Å². The van der Waals surface area contributed by atoms with Crippen LogP contribution in [0.2, 0.25) is 5.02 Å². The number of aromatic nitrogens is 3. The van der Waals surface area contributed by atoms with Gasteiger partial charge in [-0.2, -0.15) is 0 Å². The fourth-order valence-corrected chi connectivity index (χ4v) is 5.93. The lowest BCUT2D eigenvalue weighted by Crippen LogP contribution is -2.44. The number of benzene rings is 3. The predicted molar refractivity (Wildman–Crippen MR) is 172 cm³/mol. The summed E-state index contributed by atoms with van der Waals surface area (Å²) in [6, 6.07) is 15.1. The third-order valence-electron chi connectivity index (χ3n) is 7.64. The summed E-state index contributed by atoms with van der Waals surface area (Å²) in [5.74, 6) is -1.83. The van der Waals surface area contributed by atoms with Gasteiger partial charge in [-0.15, -0.1) is 0 Å². The van der Waals surface area contributed by atoms with Crippen molar-refractivity contribution in [2.45, 2.75) is 32.1 Å². The molecule has 2 atom stereocenters. The molecule has 234 valence electrons. The fraction of sp³-hybridized carbons (Fsp3) is 0.182. The average Bonchev–Trinajstić information content (AvgIpc) is 3.60. The molecular weight excluding hydrogens is 684 g/mol. The Bertz CT molecular complexity index is 1990. The smallest absolute Gasteiger partial charge is 0.321 e. The molecule has 46 heavy (non-hydrogen) atoms. The highest BCUT2D eigenvalue weighted by molar-refractivity contribution is 9.10. The molecule has 6 rings (SSSR count). The maximum atomic E-state index is 15.5. The van der Waals surface area contributed by atoms with Gasteiger partial charge in [-0.3, -0.25) is 14.4 Å². The number of rotatable bonds is 8. The molecule has 0 spiro atoms. The molecule has 2 amide bonds. The Morgan fingerprint density at radius 3 is 2.54 bits per heavy atom. The van der Waals surface area contributed by atoms with Gasteiger partial charge in [0.15, 0.2) is 11.6 Å². The highest BCUT2D eigenvalue weighted by Gasteiger charge is 2.40. The van der Waals surface area contributed by atoms with Gasteiger partial charge in [0, 0.05) is 57.6 Å². The summed E-state index contributed by atoms with van der Waals surface area (Å²) in [4.78, 5) is 48.8. The maximum Gasteiger partial charge on any atom is 0.321 e. The summed E-state index contributed by atoms with van der Waals surface area (Å²) >= 11 is 9.52. The predicted octanol–water partition coefficient (Wildman–Crippen LogP) is 7.23. The first-order valence-corrected chi connectivity index (χ1v) is 15.3. The van der Waals surface area contributed by atoms with Gasteiger partial charge in [-0.25, -0.2) is 18.7 Å². The molecule has 0 saturated carbocycles. The van der Waals surface area contributed by atoms with Crippen LogP contribution in [-0.4, -0.2) is 55.8 Å². The minimum atomic E-state index is -1.45. The molecule has 1 N–H and O–H groups in total. The summed E-state index contributed by atoms with van der Waals surface area (Å²) in [6.45, 7) is 0.830. The topological polar surface area (TPSA) is 106 Å². The molecule has 13 heteroatoms. The standard InChI is InChI=1S/C33H25BrClF2N5O4/c1-18(43)25-16-41(28-10-9-21(12-24(25)28)46-33-38-13-19(34)14-39-33)17-30(44)42-15-20(36)11-29(42)32(45)40-27-8-4-6-23(31(27)37)22-5-2-3-7-26(22)35/h2-10,12-14,16,20,29H,11,15,17H2,1H3,(H,40,45). The Balaban J connectivity index is 1.22. The number of halogens is 4. The number of hydrogen-bond donors (Lipinski definition) is 1. The number of hydrogen-bond acceptors (Lipinski definition) is 6. The second-order valence-electron chi connectivity index (χ2n) is 10.7. The second kappa shape index (κ2) is 13.0. The van der Waals surface area contributed by atoms with Crippen molar-refractivity contribution in [3.63, 3.8) is 0 Å². The summed E-state index contributed by atoms with van der Waals surface area (Å²) in [7, 11) is 0. The fourth-order valence-electron chi connectivity index (χ4n) is 5.49. The largest absolute Gasteiger partial charge is 0.424 e. The molecule has 1 aliphatic heterocycles. The highest BCUT2D eigenvalue weighted by atomic mass is 79.9. The van der Waals surface area contributed by atoms with Crippen LogP contribution in [0.15, 0.2) is 83.7 Å². The van der Waals surface area contributed by atoms with Gasteiger partial charge in [0.2, 0.25) is 11.8 Å². The minimum Gasteiger partial charge on any atom is -0.424 e. The van der Waals surface area contributed by atoms with E-state index in [-0.39, 0.29) is 42.6 Å². The Kier molecular flexibility index (Phi) is 8.83. The van der Waals surface area contributed by atoms with Crippen LogP contribution in [0.1, 0.15) is 23.7 Å². The van der Waals surface area contributed by atoms with Crippen molar-refractivity contribution in [3.05, 3.63) is 100 Å². The van der Waals surface area contributed by atoms with E-state index in [1.807, 2.05) is 0 Å². The van der Waals surface area contributed by atoms with E-state index in [2.05, 4.69) is 31.2 Å². The molecule has 3 heterocycles. The van der Waals surface area contributed by atoms with Crippen molar-refractivity contribution in [1.29, 1.82) is 0 Å². The zero-order chi connectivity index (χ0) is 32.5. The Hall–Kier alpha value is -4.68. The molecule has 0 bridgehead atoms. The Morgan fingerprint density at radius 1 is 1.07 bits per heavy atom. The molecule has 1 fully saturated rings. The first-order chi connectivity index (χ1) is 22.1. The number of ether oxygens (including phenoxy) is 1. The number of carbonyl (C=O) groups excluding carboxylic acids is 3. The Morgan fingerprint density at radius 2 is 1.80 bits per heavy atom. The molecule has 2 unspecified atom stereocenters. The van der Waals surface area contributed by atoms with E-state index in [0.717, 1.165) is 4.90 Å². The second-order valence-corrected chi connectivity index (χ2v) is 12.0. The number of Topliss-reactive ketones (excluding diaryl/α,β-unsaturated/α-hetero) is 1. The van der Waals surface area contributed by atoms with Gasteiger partial charge in [0.25, 0.3) is 0 Å². The molecule has 0 aliphatic carbocycles. The van der Waals surface area contributed by atoms with Gasteiger partial charge in [-0.1, -0.05) is 41.9 Å². The van der Waals surface area contributed by atoms with Crippen LogP contribution in [0.25, 0.3) is 22.0 Å². The van der Waals surface area contributed by atoms with Crippen LogP contribution in [0.5, 0.6) is 11.8 Å². The molecule has 5 aromatic rings. The SMILES string of the molecule is CC(=O)c1cn(CC(=O)N2CC(F)CC2C(=O)Nc2cccc(-c3ccccc3Cl)c2F)c2ccc(Oc3ncc(Br)cn3)cc12. The van der Waals surface area contributed by atoms with E-state index < -0.39 is 29.8 Å². The zero-order valence-electron chi connectivity index (χ0n) is 24.2. The third-order valence-corrected chi connectivity index (χ3v) is 8.38. The summed E-state index contributed by atoms with van der Waals surface area (Å²) < 4.78 is 38.2. The summed E-state index contributed by atoms with van der Waals surface area (Å²) in [5, 5.41) is 3.40. The van der Waals surface area contributed by atoms with Crippen LogP contribution < -0.4 is 10.1 Å². The normalized spacial score (nSPS) is 16.1. The zero-order valence-corrected chi connectivity index (χ0v) is 26.6. The van der Waals surface area contributed by atoms with Gasteiger partial charge >= 0.3 is 6.01 Å². The van der Waals surface area contributed by atoms with Crippen molar-refractivity contribution in [2.75, 3.05) is 11.9 Å². The molecule has 3 aromatic carbocycles. The van der Waals surface area contributed by atoms with E-state index in [1.165, 1.54) is 31.5 Å². The molecule has 2 aromatic heterocycles. The van der Waals surface area contributed by atoms with Crippen molar-refractivity contribution >= 4 is 61.7 Å². The monoisotopic (exact) mass is 707 g/mol. The van der Waals surface area contributed by atoms with Crippen molar-refractivity contribution in [1.82, 2.24) is 19.4 Å². The number of ketones is 1. The number of nitrogens with zero attached hydrogens (tertiary/aromatic N) is 4. The van der Waals surface area contributed by atoms with Gasteiger partial charge in [0.05, 0.1) is 16.7 Å². The van der Waals surface area contributed by atoms with E-state index in [9.17, 15) is 18.8 Å². The third kappa shape index (κ3) is 6.35. The number of anilines is 1. The number of carbonyl (C=O) groups is 3. The minimum absolute atomic E-state index is 0.108. The van der Waals surface area contributed by atoms with Gasteiger partial charge in [-0.05, 0) is 53.2 Å². The van der Waals surface area contributed by atoms with Crippen LogP contribution in [0, 0.1) is 5.82 Å². The summed E-state index contributed by atoms with van der Waals surface area (Å²) in [6.07, 6.45) is 2.91. The van der Waals surface area contributed by atoms with Crippen LogP contribution in [0.4, 0.5) is 14.5 Å². The number of nitrogens with one attached hydrogen (secondary N) is 1. The molecule has 0 radical (unpaired) electrons. The van der Waals surface area contributed by atoms with E-state index in [1.54, 1.807) is 59.3 Å². The number of likely N-dealkylation sites (tertiary alicyclic amines) is 1. The molecular formula is C33H25BrClF2N5O4. The first-order valence-electron chi connectivity index (χ1n) is 14.2. The first kappa shape index (κ1) is 31.3. The van der Waals surface area contributed by atoms with Crippen molar-refractivity contribution in [3.8, 4) is 22.9 Å². The lowest BCUT2D eigenvalue weighted by Gasteiger charge is -2.24. The highest BCUT2D eigenvalue weighted by Crippen LogP contribution is 2.34. The van der Waals surface area contributed by atoms with E-state index in [4.69, 9.17) is 16.3 Å². The summed E-state index contributed by atoms with van der Waals surface area (Å²) in [5.41, 5.74) is 1.41. The number of amides is 2. The molecule has 9 nitrogen and oxygen atoms in total. The number of alkyl halides is 1.